The Bertz CT molecular complexity index is 1110. The summed E-state index contributed by atoms with van der Waals surface area (Å²) in [6.45, 7) is 3.69. The Morgan fingerprint density at radius 3 is 2.43 bits per heavy atom. The van der Waals surface area contributed by atoms with Crippen LogP contribution in [0.2, 0.25) is 0 Å². The SMILES string of the molecule is O=C(NCCN1CCCCCC1)c1ccc(-c2c(-c3ccc(F)cc3)ncn2C2CCCCC2)o1. The lowest BCUT2D eigenvalue weighted by Gasteiger charge is -2.24. The Morgan fingerprint density at radius 1 is 0.971 bits per heavy atom. The highest BCUT2D eigenvalue weighted by atomic mass is 19.1. The predicted octanol–water partition coefficient (Wildman–Crippen LogP) is 6.06. The van der Waals surface area contributed by atoms with Crippen LogP contribution in [0.3, 0.4) is 0 Å². The number of likely N-dealkylation sites (tertiary alicyclic amines) is 1. The number of carbonyl (C=O) groups is 1. The van der Waals surface area contributed by atoms with Gasteiger partial charge in [0.15, 0.2) is 11.5 Å². The summed E-state index contributed by atoms with van der Waals surface area (Å²) in [5, 5.41) is 3.02. The van der Waals surface area contributed by atoms with Crippen LogP contribution in [0.5, 0.6) is 0 Å². The fraction of sp³-hybridized carbons (Fsp3) is 0.500. The van der Waals surface area contributed by atoms with E-state index in [2.05, 4.69) is 14.8 Å². The molecule has 3 heterocycles. The Morgan fingerprint density at radius 2 is 1.69 bits per heavy atom. The largest absolute Gasteiger partial charge is 0.449 e. The molecule has 0 atom stereocenters. The van der Waals surface area contributed by atoms with E-state index in [0.717, 1.165) is 49.4 Å². The number of furan rings is 1. The third-order valence-electron chi connectivity index (χ3n) is 7.35. The van der Waals surface area contributed by atoms with Crippen LogP contribution in [-0.2, 0) is 0 Å². The standard InChI is InChI=1S/C28H35FN4O2/c29-22-12-10-21(11-13-22)26-27(33(20-31-26)23-8-4-3-5-9-23)24-14-15-25(35-24)28(34)30-16-19-32-17-6-1-2-7-18-32/h10-15,20,23H,1-9,16-19H2,(H,30,34). The quantitative estimate of drug-likeness (QED) is 0.448. The van der Waals surface area contributed by atoms with Gasteiger partial charge in [-0.25, -0.2) is 9.37 Å². The van der Waals surface area contributed by atoms with Crippen molar-refractivity contribution >= 4 is 5.91 Å². The molecule has 2 fully saturated rings. The molecule has 6 nitrogen and oxygen atoms in total. The van der Waals surface area contributed by atoms with Crippen molar-refractivity contribution in [3.8, 4) is 22.7 Å². The molecule has 3 aromatic rings. The number of aromatic nitrogens is 2. The maximum absolute atomic E-state index is 13.6. The van der Waals surface area contributed by atoms with Crippen LogP contribution in [0, 0.1) is 5.82 Å². The first kappa shape index (κ1) is 23.8. The molecule has 1 N–H and O–H groups in total. The van der Waals surface area contributed by atoms with Crippen molar-refractivity contribution in [2.45, 2.75) is 63.8 Å². The van der Waals surface area contributed by atoms with Crippen molar-refractivity contribution in [3.05, 3.63) is 54.3 Å². The molecule has 7 heteroatoms. The summed E-state index contributed by atoms with van der Waals surface area (Å²) in [6.07, 6.45) is 12.8. The number of halogens is 1. The van der Waals surface area contributed by atoms with E-state index in [4.69, 9.17) is 9.40 Å². The first-order valence-corrected chi connectivity index (χ1v) is 13.1. The number of hydrogen-bond donors (Lipinski definition) is 1. The second kappa shape index (κ2) is 11.2. The fourth-order valence-electron chi connectivity index (χ4n) is 5.42. The first-order valence-electron chi connectivity index (χ1n) is 13.1. The summed E-state index contributed by atoms with van der Waals surface area (Å²) >= 11 is 0. The number of nitrogens with zero attached hydrogens (tertiary/aromatic N) is 3. The van der Waals surface area contributed by atoms with Crippen LogP contribution in [0.15, 0.2) is 47.1 Å². The number of rotatable bonds is 7. The van der Waals surface area contributed by atoms with Gasteiger partial charge in [0, 0.05) is 24.7 Å². The molecule has 186 valence electrons. The fourth-order valence-corrected chi connectivity index (χ4v) is 5.42. The summed E-state index contributed by atoms with van der Waals surface area (Å²) in [5.41, 5.74) is 2.43. The number of nitrogens with one attached hydrogen (secondary N) is 1. The summed E-state index contributed by atoms with van der Waals surface area (Å²) in [6, 6.07) is 10.3. The minimum Gasteiger partial charge on any atom is -0.449 e. The van der Waals surface area contributed by atoms with E-state index in [1.165, 1.54) is 57.1 Å². The molecule has 0 unspecified atom stereocenters. The van der Waals surface area contributed by atoms with Gasteiger partial charge in [-0.05, 0) is 75.2 Å². The second-order valence-corrected chi connectivity index (χ2v) is 9.82. The summed E-state index contributed by atoms with van der Waals surface area (Å²) in [5.74, 6) is 0.444. The predicted molar refractivity (Wildman–Crippen MR) is 135 cm³/mol. The zero-order valence-electron chi connectivity index (χ0n) is 20.3. The average molecular weight is 479 g/mol. The Labute approximate surface area is 206 Å². The van der Waals surface area contributed by atoms with Crippen molar-refractivity contribution in [1.29, 1.82) is 0 Å². The van der Waals surface area contributed by atoms with Gasteiger partial charge in [0.1, 0.15) is 11.5 Å². The zero-order valence-corrected chi connectivity index (χ0v) is 20.3. The molecule has 35 heavy (non-hydrogen) atoms. The van der Waals surface area contributed by atoms with E-state index in [0.29, 0.717) is 24.1 Å². The smallest absolute Gasteiger partial charge is 0.287 e. The summed E-state index contributed by atoms with van der Waals surface area (Å²) in [4.78, 5) is 20.0. The summed E-state index contributed by atoms with van der Waals surface area (Å²) < 4.78 is 21.9. The number of carbonyl (C=O) groups excluding carboxylic acids is 1. The third-order valence-corrected chi connectivity index (χ3v) is 7.35. The number of benzene rings is 1. The van der Waals surface area contributed by atoms with Crippen molar-refractivity contribution in [3.63, 3.8) is 0 Å². The number of hydrogen-bond acceptors (Lipinski definition) is 4. The molecular weight excluding hydrogens is 443 g/mol. The molecular formula is C28H35FN4O2. The maximum Gasteiger partial charge on any atom is 0.287 e. The molecule has 1 amide bonds. The van der Waals surface area contributed by atoms with Crippen molar-refractivity contribution < 1.29 is 13.6 Å². The highest BCUT2D eigenvalue weighted by Gasteiger charge is 2.25. The lowest BCUT2D eigenvalue weighted by molar-refractivity contribution is 0.0921. The normalized spacial score (nSPS) is 17.9. The lowest BCUT2D eigenvalue weighted by atomic mass is 9.95. The molecule has 1 aromatic carbocycles. The van der Waals surface area contributed by atoms with Crippen molar-refractivity contribution in [2.24, 2.45) is 0 Å². The van der Waals surface area contributed by atoms with Crippen LogP contribution in [0.4, 0.5) is 4.39 Å². The molecule has 5 rings (SSSR count). The minimum atomic E-state index is -0.279. The van der Waals surface area contributed by atoms with E-state index >= 15 is 0 Å². The molecule has 1 aliphatic heterocycles. The second-order valence-electron chi connectivity index (χ2n) is 9.82. The van der Waals surface area contributed by atoms with Gasteiger partial charge in [-0.1, -0.05) is 32.1 Å². The van der Waals surface area contributed by atoms with E-state index in [1.807, 2.05) is 12.4 Å². The van der Waals surface area contributed by atoms with Crippen LogP contribution >= 0.6 is 0 Å². The zero-order chi connectivity index (χ0) is 24.0. The van der Waals surface area contributed by atoms with E-state index < -0.39 is 0 Å². The van der Waals surface area contributed by atoms with Gasteiger partial charge in [-0.3, -0.25) is 4.79 Å². The monoisotopic (exact) mass is 478 g/mol. The van der Waals surface area contributed by atoms with Gasteiger partial charge in [0.2, 0.25) is 0 Å². The third kappa shape index (κ3) is 5.67. The highest BCUT2D eigenvalue weighted by Crippen LogP contribution is 2.38. The summed E-state index contributed by atoms with van der Waals surface area (Å²) in [7, 11) is 0. The molecule has 2 aliphatic rings. The minimum absolute atomic E-state index is 0.196. The van der Waals surface area contributed by atoms with E-state index in [9.17, 15) is 9.18 Å². The maximum atomic E-state index is 13.6. The van der Waals surface area contributed by atoms with Gasteiger partial charge in [-0.2, -0.15) is 0 Å². The Balaban J connectivity index is 1.35. The van der Waals surface area contributed by atoms with Gasteiger partial charge in [-0.15, -0.1) is 0 Å². The number of imidazole rings is 1. The highest BCUT2D eigenvalue weighted by molar-refractivity contribution is 5.92. The first-order chi connectivity index (χ1) is 17.2. The molecule has 1 aliphatic carbocycles. The van der Waals surface area contributed by atoms with Crippen molar-refractivity contribution in [1.82, 2.24) is 19.8 Å². The van der Waals surface area contributed by atoms with Gasteiger partial charge >= 0.3 is 0 Å². The van der Waals surface area contributed by atoms with Crippen LogP contribution in [-0.4, -0.2) is 46.5 Å². The van der Waals surface area contributed by atoms with Crippen LogP contribution in [0.1, 0.15) is 74.4 Å². The van der Waals surface area contributed by atoms with Gasteiger partial charge < -0.3 is 19.2 Å². The topological polar surface area (TPSA) is 63.3 Å². The van der Waals surface area contributed by atoms with E-state index in [-0.39, 0.29) is 11.7 Å². The molecule has 0 spiro atoms. The van der Waals surface area contributed by atoms with Crippen LogP contribution < -0.4 is 5.32 Å². The molecule has 2 aromatic heterocycles. The molecule has 0 radical (unpaired) electrons. The van der Waals surface area contributed by atoms with Gasteiger partial charge in [0.25, 0.3) is 5.91 Å². The van der Waals surface area contributed by atoms with E-state index in [1.54, 1.807) is 18.2 Å². The average Bonchev–Trinajstić information content (AvgIpc) is 3.46. The van der Waals surface area contributed by atoms with Gasteiger partial charge in [0.05, 0.1) is 12.0 Å². The molecule has 1 saturated heterocycles. The molecule has 0 bridgehead atoms. The van der Waals surface area contributed by atoms with Crippen LogP contribution in [0.25, 0.3) is 22.7 Å². The van der Waals surface area contributed by atoms with Crippen molar-refractivity contribution in [2.75, 3.05) is 26.2 Å². The molecule has 1 saturated carbocycles. The lowest BCUT2D eigenvalue weighted by Crippen LogP contribution is -2.35. The Hall–Kier alpha value is -2.93. The Kier molecular flexibility index (Phi) is 7.62. The number of amides is 1.